The highest BCUT2D eigenvalue weighted by Crippen LogP contribution is 2.62. The van der Waals surface area contributed by atoms with Crippen LogP contribution in [-0.2, 0) is 26.4 Å². The highest BCUT2D eigenvalue weighted by molar-refractivity contribution is 7.84. The predicted octanol–water partition coefficient (Wildman–Crippen LogP) is 5.14. The fourth-order valence-corrected chi connectivity index (χ4v) is 8.49. The molecule has 39 heavy (non-hydrogen) atoms. The van der Waals surface area contributed by atoms with Gasteiger partial charge in [-0.15, -0.1) is 11.3 Å². The lowest BCUT2D eigenvalue weighted by atomic mass is 9.54. The zero-order valence-corrected chi connectivity index (χ0v) is 24.9. The van der Waals surface area contributed by atoms with E-state index < -0.39 is 10.3 Å². The van der Waals surface area contributed by atoms with Gasteiger partial charge < -0.3 is 14.3 Å². The van der Waals surface area contributed by atoms with Crippen LogP contribution in [0.5, 0.6) is 5.75 Å². The Morgan fingerprint density at radius 3 is 2.79 bits per heavy atom. The number of rotatable bonds is 8. The molecule has 3 aliphatic carbocycles. The molecule has 2 fully saturated rings. The van der Waals surface area contributed by atoms with E-state index in [-0.39, 0.29) is 11.3 Å². The molecule has 0 spiro atoms. The number of carbonyl (C=O) groups is 1. The van der Waals surface area contributed by atoms with E-state index in [1.54, 1.807) is 19.4 Å². The SMILES string of the molecule is CON=C1CC(CCC(=O)Nc2ncc(C)s2)C2C3CCc4cc(OS(=O)(=O)N(C)C)ccc4C3CCC12C. The average molecular weight is 575 g/mol. The Balaban J connectivity index is 1.36. The second kappa shape index (κ2) is 10.8. The van der Waals surface area contributed by atoms with Crippen molar-refractivity contribution >= 4 is 38.4 Å². The van der Waals surface area contributed by atoms with Crippen LogP contribution in [0.1, 0.15) is 67.4 Å². The van der Waals surface area contributed by atoms with Gasteiger partial charge in [0.1, 0.15) is 12.9 Å². The van der Waals surface area contributed by atoms with Crippen LogP contribution in [0.15, 0.2) is 29.6 Å². The maximum atomic E-state index is 12.8. The fourth-order valence-electron chi connectivity index (χ4n) is 7.32. The first kappa shape index (κ1) is 28.0. The molecule has 1 N–H and O–H groups in total. The molecule has 0 aliphatic heterocycles. The van der Waals surface area contributed by atoms with Crippen LogP contribution >= 0.6 is 11.3 Å². The van der Waals surface area contributed by atoms with E-state index in [1.165, 1.54) is 36.6 Å². The summed E-state index contributed by atoms with van der Waals surface area (Å²) in [6, 6.07) is 5.74. The minimum Gasteiger partial charge on any atom is -0.399 e. The molecule has 0 bridgehead atoms. The van der Waals surface area contributed by atoms with Gasteiger partial charge in [0, 0.05) is 37.0 Å². The van der Waals surface area contributed by atoms with Gasteiger partial charge in [0.15, 0.2) is 5.13 Å². The lowest BCUT2D eigenvalue weighted by Crippen LogP contribution is -2.44. The van der Waals surface area contributed by atoms with Crippen LogP contribution in [0.25, 0.3) is 0 Å². The number of oxime groups is 1. The molecule has 3 aliphatic rings. The van der Waals surface area contributed by atoms with Crippen molar-refractivity contribution in [1.29, 1.82) is 0 Å². The van der Waals surface area contributed by atoms with E-state index in [9.17, 15) is 13.2 Å². The summed E-state index contributed by atoms with van der Waals surface area (Å²) in [4.78, 5) is 23.4. The zero-order chi connectivity index (χ0) is 27.9. The van der Waals surface area contributed by atoms with Crippen molar-refractivity contribution in [2.24, 2.45) is 28.3 Å². The number of hydrogen-bond acceptors (Lipinski definition) is 8. The maximum Gasteiger partial charge on any atom is 0.384 e. The van der Waals surface area contributed by atoms with Gasteiger partial charge in [-0.1, -0.05) is 18.1 Å². The second-order valence-corrected chi connectivity index (χ2v) is 14.5. The smallest absolute Gasteiger partial charge is 0.384 e. The maximum absolute atomic E-state index is 12.8. The zero-order valence-electron chi connectivity index (χ0n) is 23.3. The fraction of sp³-hybridized carbons (Fsp3) is 0.607. The van der Waals surface area contributed by atoms with Gasteiger partial charge in [-0.2, -0.15) is 12.7 Å². The second-order valence-electron chi connectivity index (χ2n) is 11.5. The summed E-state index contributed by atoms with van der Waals surface area (Å²) in [5.41, 5.74) is 3.55. The largest absolute Gasteiger partial charge is 0.399 e. The number of anilines is 1. The summed E-state index contributed by atoms with van der Waals surface area (Å²) < 4.78 is 30.9. The van der Waals surface area contributed by atoms with Crippen LogP contribution in [0.2, 0.25) is 0 Å². The van der Waals surface area contributed by atoms with E-state index in [0.717, 1.165) is 53.4 Å². The van der Waals surface area contributed by atoms with Crippen molar-refractivity contribution in [2.45, 2.75) is 64.7 Å². The standard InChI is InChI=1S/C28H38N4O5S2/c1-17-16-29-27(38-17)30-25(33)11-7-19-15-24(31-36-5)28(2)13-12-22-21-10-8-20(37-39(34,35)32(3)4)14-18(21)6-9-23(22)26(19)28/h8,10,14,16,19,22-23,26H,6-7,9,11-13,15H2,1-5H3,(H,29,30,33). The third-order valence-electron chi connectivity index (χ3n) is 9.03. The van der Waals surface area contributed by atoms with Gasteiger partial charge in [0.05, 0.1) is 5.71 Å². The molecule has 1 heterocycles. The van der Waals surface area contributed by atoms with Crippen molar-refractivity contribution in [3.8, 4) is 5.75 Å². The van der Waals surface area contributed by atoms with Crippen LogP contribution < -0.4 is 9.50 Å². The molecule has 2 saturated carbocycles. The summed E-state index contributed by atoms with van der Waals surface area (Å²) in [6.45, 7) is 4.31. The summed E-state index contributed by atoms with van der Waals surface area (Å²) in [5, 5.41) is 8.11. The van der Waals surface area contributed by atoms with Crippen molar-refractivity contribution in [1.82, 2.24) is 9.29 Å². The van der Waals surface area contributed by atoms with Crippen LogP contribution in [0.4, 0.5) is 5.13 Å². The average Bonchev–Trinajstić information content (AvgIpc) is 3.42. The Hall–Kier alpha value is -2.50. The molecular formula is C28H38N4O5S2. The Bertz CT molecular complexity index is 1370. The molecule has 1 amide bonds. The molecule has 5 unspecified atom stereocenters. The van der Waals surface area contributed by atoms with Crippen molar-refractivity contribution in [3.63, 3.8) is 0 Å². The number of carbonyl (C=O) groups excluding carboxylic acids is 1. The van der Waals surface area contributed by atoms with Crippen LogP contribution in [-0.4, -0.2) is 50.5 Å². The Morgan fingerprint density at radius 2 is 2.10 bits per heavy atom. The topological polar surface area (TPSA) is 110 Å². The number of aryl methyl sites for hydroxylation is 2. The molecule has 0 radical (unpaired) electrons. The third kappa shape index (κ3) is 5.45. The van der Waals surface area contributed by atoms with Gasteiger partial charge >= 0.3 is 10.3 Å². The van der Waals surface area contributed by atoms with Crippen molar-refractivity contribution in [2.75, 3.05) is 26.5 Å². The van der Waals surface area contributed by atoms with Gasteiger partial charge in [-0.3, -0.25) is 4.79 Å². The number of aromatic nitrogens is 1. The number of hydrogen-bond donors (Lipinski definition) is 1. The monoisotopic (exact) mass is 574 g/mol. The summed E-state index contributed by atoms with van der Waals surface area (Å²) in [7, 11) is 0.729. The number of nitrogens with one attached hydrogen (secondary N) is 1. The van der Waals surface area contributed by atoms with Gasteiger partial charge in [-0.05, 0) is 92.4 Å². The van der Waals surface area contributed by atoms with E-state index in [2.05, 4.69) is 28.4 Å². The molecule has 5 atom stereocenters. The quantitative estimate of drug-likeness (QED) is 0.437. The van der Waals surface area contributed by atoms with E-state index in [4.69, 9.17) is 9.02 Å². The van der Waals surface area contributed by atoms with E-state index in [1.807, 2.05) is 13.0 Å². The molecule has 212 valence electrons. The van der Waals surface area contributed by atoms with Crippen molar-refractivity contribution in [3.05, 3.63) is 40.4 Å². The molecule has 1 aromatic carbocycles. The normalized spacial score (nSPS) is 29.0. The first-order chi connectivity index (χ1) is 18.5. The van der Waals surface area contributed by atoms with Crippen LogP contribution in [0, 0.1) is 30.1 Å². The third-order valence-corrected chi connectivity index (χ3v) is 11.2. The summed E-state index contributed by atoms with van der Waals surface area (Å²) >= 11 is 1.49. The van der Waals surface area contributed by atoms with E-state index in [0.29, 0.717) is 41.0 Å². The van der Waals surface area contributed by atoms with E-state index >= 15 is 0 Å². The Labute approximate surface area is 235 Å². The van der Waals surface area contributed by atoms with Gasteiger partial charge in [0.2, 0.25) is 5.91 Å². The minimum absolute atomic E-state index is 0.00439. The predicted molar refractivity (Wildman–Crippen MR) is 152 cm³/mol. The van der Waals surface area contributed by atoms with Crippen LogP contribution in [0.3, 0.4) is 0 Å². The molecule has 2 aromatic rings. The Kier molecular flexibility index (Phi) is 7.78. The molecule has 0 saturated heterocycles. The summed E-state index contributed by atoms with van der Waals surface area (Å²) in [5.74, 6) is 1.96. The lowest BCUT2D eigenvalue weighted by Gasteiger charge is -2.50. The Morgan fingerprint density at radius 1 is 1.31 bits per heavy atom. The number of thiazole rings is 1. The van der Waals surface area contributed by atoms with Gasteiger partial charge in [-0.25, -0.2) is 4.98 Å². The number of benzene rings is 1. The first-order valence-electron chi connectivity index (χ1n) is 13.6. The first-order valence-corrected chi connectivity index (χ1v) is 15.8. The number of fused-ring (bicyclic) bond motifs is 5. The molecule has 9 nitrogen and oxygen atoms in total. The molecular weight excluding hydrogens is 536 g/mol. The van der Waals surface area contributed by atoms with Gasteiger partial charge in [0.25, 0.3) is 0 Å². The summed E-state index contributed by atoms with van der Waals surface area (Å²) in [6.07, 6.45) is 7.81. The highest BCUT2D eigenvalue weighted by atomic mass is 32.2. The number of nitrogens with zero attached hydrogens (tertiary/aromatic N) is 3. The lowest BCUT2D eigenvalue weighted by molar-refractivity contribution is -0.116. The van der Waals surface area contributed by atoms with Crippen molar-refractivity contribution < 1.29 is 22.2 Å². The molecule has 1 aromatic heterocycles. The number of amides is 1. The highest BCUT2D eigenvalue weighted by Gasteiger charge is 2.57. The molecule has 5 rings (SSSR count). The molecule has 11 heteroatoms. The minimum atomic E-state index is -3.80.